The number of hydrogen-bond donors (Lipinski definition) is 6. The van der Waals surface area contributed by atoms with Gasteiger partial charge < -0.3 is 15.0 Å². The summed E-state index contributed by atoms with van der Waals surface area (Å²) in [7, 11) is 0. The van der Waals surface area contributed by atoms with Gasteiger partial charge in [-0.3, -0.25) is 31.1 Å². The average molecular weight is 499 g/mol. The Morgan fingerprint density at radius 3 is 2.83 bits per heavy atom. The Balaban J connectivity index is 1.00. The summed E-state index contributed by atoms with van der Waals surface area (Å²) >= 11 is 0. The number of nitrogens with zero attached hydrogens (tertiary/aromatic N) is 2. The van der Waals surface area contributed by atoms with Crippen molar-refractivity contribution in [2.45, 2.75) is 81.6 Å². The van der Waals surface area contributed by atoms with E-state index in [1.165, 1.54) is 12.5 Å². The Labute approximate surface area is 214 Å². The lowest BCUT2D eigenvalue weighted by molar-refractivity contribution is -0.133. The van der Waals surface area contributed by atoms with E-state index in [0.717, 1.165) is 57.9 Å². The molecule has 6 N–H and O–H groups in total. The monoisotopic (exact) mass is 498 g/mol. The number of likely N-dealkylation sites (tertiary alicyclic amines) is 1. The van der Waals surface area contributed by atoms with E-state index in [1.807, 2.05) is 4.90 Å². The van der Waals surface area contributed by atoms with Crippen molar-refractivity contribution in [3.63, 3.8) is 0 Å². The molecule has 1 saturated carbocycles. The predicted octanol–water partition coefficient (Wildman–Crippen LogP) is -0.136. The lowest BCUT2D eigenvalue weighted by Crippen LogP contribution is -2.75. The van der Waals surface area contributed by atoms with Crippen LogP contribution in [0.15, 0.2) is 36.8 Å². The minimum atomic E-state index is 0.0548. The number of ether oxygens (including phenoxy) is 1. The summed E-state index contributed by atoms with van der Waals surface area (Å²) in [4.78, 5) is 13.8. The van der Waals surface area contributed by atoms with Gasteiger partial charge in [0.1, 0.15) is 18.0 Å². The number of hydrazine groups is 1. The second-order valence-corrected chi connectivity index (χ2v) is 11.3. The minimum Gasteiger partial charge on any atom is -0.490 e. The molecule has 5 heterocycles. The first-order valence-corrected chi connectivity index (χ1v) is 13.8. The Morgan fingerprint density at radius 2 is 2.00 bits per heavy atom. The minimum absolute atomic E-state index is 0.0548. The molecule has 8 unspecified atom stereocenters. The van der Waals surface area contributed by atoms with Crippen LogP contribution in [0.1, 0.15) is 39.0 Å². The van der Waals surface area contributed by atoms with Crippen molar-refractivity contribution in [3.05, 3.63) is 36.8 Å². The first kappa shape index (κ1) is 24.4. The second kappa shape index (κ2) is 10.4. The zero-order valence-electron chi connectivity index (χ0n) is 21.3. The maximum absolute atomic E-state index is 11.9. The van der Waals surface area contributed by atoms with Gasteiger partial charge in [-0.1, -0.05) is 13.5 Å². The molecule has 5 fully saturated rings. The maximum atomic E-state index is 11.9. The Hall–Kier alpha value is -1.95. The van der Waals surface area contributed by atoms with Crippen LogP contribution in [0.2, 0.25) is 0 Å². The highest BCUT2D eigenvalue weighted by Gasteiger charge is 2.44. The number of carbonyl (C=O) groups excluding carboxylic acids is 1. The Morgan fingerprint density at radius 1 is 1.14 bits per heavy atom. The number of hydrogen-bond acceptors (Lipinski definition) is 9. The van der Waals surface area contributed by atoms with Gasteiger partial charge in [0.05, 0.1) is 18.9 Å². The third-order valence-corrected chi connectivity index (χ3v) is 9.03. The van der Waals surface area contributed by atoms with Crippen molar-refractivity contribution in [2.75, 3.05) is 26.4 Å². The fourth-order valence-corrected chi connectivity index (χ4v) is 6.87. The molecule has 8 atom stereocenters. The second-order valence-electron chi connectivity index (χ2n) is 11.3. The lowest BCUT2D eigenvalue weighted by atomic mass is 9.80. The molecule has 198 valence electrons. The molecule has 0 aromatic heterocycles. The molecule has 1 amide bonds. The van der Waals surface area contributed by atoms with Gasteiger partial charge >= 0.3 is 0 Å². The highest BCUT2D eigenvalue weighted by molar-refractivity contribution is 5.87. The highest BCUT2D eigenvalue weighted by Crippen LogP contribution is 2.31. The van der Waals surface area contributed by atoms with Crippen molar-refractivity contribution < 1.29 is 9.53 Å². The quantitative estimate of drug-likeness (QED) is 0.279. The summed E-state index contributed by atoms with van der Waals surface area (Å²) in [5.41, 5.74) is 3.27. The van der Waals surface area contributed by atoms with Gasteiger partial charge in [-0.25, -0.2) is 5.43 Å². The summed E-state index contributed by atoms with van der Waals surface area (Å²) in [6.45, 7) is 9.25. The number of piperidine rings is 1. The molecule has 0 bridgehead atoms. The molecule has 4 saturated heterocycles. The van der Waals surface area contributed by atoms with Crippen LogP contribution < -0.4 is 32.0 Å². The van der Waals surface area contributed by atoms with Crippen molar-refractivity contribution in [2.24, 2.45) is 11.8 Å². The van der Waals surface area contributed by atoms with Gasteiger partial charge in [-0.05, 0) is 56.3 Å². The number of nitrogens with one attached hydrogen (secondary N) is 6. The van der Waals surface area contributed by atoms with Crippen LogP contribution in [0, 0.1) is 11.8 Å². The van der Waals surface area contributed by atoms with Crippen molar-refractivity contribution in [3.8, 4) is 0 Å². The first-order chi connectivity index (χ1) is 17.6. The summed E-state index contributed by atoms with van der Waals surface area (Å²) < 4.78 is 6.45. The van der Waals surface area contributed by atoms with E-state index in [2.05, 4.69) is 68.9 Å². The van der Waals surface area contributed by atoms with E-state index in [-0.39, 0.29) is 24.3 Å². The van der Waals surface area contributed by atoms with E-state index in [0.29, 0.717) is 36.0 Å². The fraction of sp³-hybridized carbons (Fsp3) is 0.731. The smallest absolute Gasteiger partial charge is 0.245 e. The third kappa shape index (κ3) is 4.94. The molecule has 5 aliphatic heterocycles. The van der Waals surface area contributed by atoms with Crippen LogP contribution in [0.25, 0.3) is 0 Å². The molecular weight excluding hydrogens is 456 g/mol. The zero-order chi connectivity index (χ0) is 24.6. The standard InChI is InChI=1S/C26H42N8O2/c1-3-24(35)33-12-17(13-33)20-5-6-21-25(32-20)26(29-14-27-21)31-18-4-7-22(16(2)10-18)36-19-8-9-34-23(11-19)28-15-30-34/h3,8-9,11,16-18,20-23,25-32H,1,4-7,10,12-15H2,2H3. The van der Waals surface area contributed by atoms with Crippen LogP contribution in [-0.2, 0) is 9.53 Å². The molecule has 6 aliphatic rings. The molecule has 6 rings (SSSR count). The van der Waals surface area contributed by atoms with E-state index in [9.17, 15) is 4.79 Å². The summed E-state index contributed by atoms with van der Waals surface area (Å²) in [6, 6.07) is 1.77. The van der Waals surface area contributed by atoms with Crippen molar-refractivity contribution >= 4 is 5.91 Å². The zero-order valence-corrected chi connectivity index (χ0v) is 21.3. The fourth-order valence-electron chi connectivity index (χ4n) is 6.87. The van der Waals surface area contributed by atoms with Crippen LogP contribution in [-0.4, -0.2) is 84.8 Å². The van der Waals surface area contributed by atoms with Crippen molar-refractivity contribution in [1.29, 1.82) is 0 Å². The normalized spacial score (nSPS) is 40.6. The molecular formula is C26H42N8O2. The molecule has 10 nitrogen and oxygen atoms in total. The number of allylic oxidation sites excluding steroid dienone is 1. The SMILES string of the molecule is C=CC(=O)N1CC(C2CCC3NCNC(NC4CCC(OC5=CC6NCNN6C=C5)C(C)C4)C3N2)C1. The van der Waals surface area contributed by atoms with Gasteiger partial charge in [0.2, 0.25) is 5.91 Å². The first-order valence-electron chi connectivity index (χ1n) is 13.8. The molecule has 10 heteroatoms. The molecule has 0 radical (unpaired) electrons. The van der Waals surface area contributed by atoms with Gasteiger partial charge in [0.15, 0.2) is 0 Å². The van der Waals surface area contributed by atoms with E-state index in [4.69, 9.17) is 4.74 Å². The molecule has 0 aromatic rings. The van der Waals surface area contributed by atoms with Crippen LogP contribution in [0.4, 0.5) is 0 Å². The van der Waals surface area contributed by atoms with Gasteiger partial charge in [0.25, 0.3) is 0 Å². The largest absolute Gasteiger partial charge is 0.490 e. The van der Waals surface area contributed by atoms with E-state index >= 15 is 0 Å². The third-order valence-electron chi connectivity index (χ3n) is 9.03. The summed E-state index contributed by atoms with van der Waals surface area (Å²) in [5.74, 6) is 2.06. The summed E-state index contributed by atoms with van der Waals surface area (Å²) in [5, 5.41) is 20.7. The molecule has 0 aromatic carbocycles. The van der Waals surface area contributed by atoms with Gasteiger partial charge in [-0.15, -0.1) is 0 Å². The van der Waals surface area contributed by atoms with Crippen molar-refractivity contribution in [1.82, 2.24) is 41.9 Å². The lowest BCUT2D eigenvalue weighted by Gasteiger charge is -2.51. The molecule has 36 heavy (non-hydrogen) atoms. The van der Waals surface area contributed by atoms with E-state index < -0.39 is 0 Å². The number of amides is 1. The Kier molecular flexibility index (Phi) is 7.07. The molecule has 1 aliphatic carbocycles. The topological polar surface area (TPSA) is 105 Å². The predicted molar refractivity (Wildman–Crippen MR) is 138 cm³/mol. The van der Waals surface area contributed by atoms with Gasteiger partial charge in [-0.2, -0.15) is 0 Å². The number of fused-ring (bicyclic) bond motifs is 2. The number of rotatable bonds is 6. The van der Waals surface area contributed by atoms with Crippen LogP contribution in [0.3, 0.4) is 0 Å². The van der Waals surface area contributed by atoms with E-state index in [1.54, 1.807) is 0 Å². The highest BCUT2D eigenvalue weighted by atomic mass is 16.5. The van der Waals surface area contributed by atoms with Crippen LogP contribution >= 0.6 is 0 Å². The summed E-state index contributed by atoms with van der Waals surface area (Å²) in [6.07, 6.45) is 14.0. The molecule has 0 spiro atoms. The van der Waals surface area contributed by atoms with Crippen LogP contribution in [0.5, 0.6) is 0 Å². The number of carbonyl (C=O) groups is 1. The van der Waals surface area contributed by atoms with Gasteiger partial charge in [0, 0.05) is 50.0 Å². The maximum Gasteiger partial charge on any atom is 0.245 e. The Bertz CT molecular complexity index is 889. The average Bonchev–Trinajstić information content (AvgIpc) is 3.33.